The highest BCUT2D eigenvalue weighted by Gasteiger charge is 2.54. The molecule has 0 radical (unpaired) electrons. The molecule has 2 aromatic rings. The first-order chi connectivity index (χ1) is 13.6. The summed E-state index contributed by atoms with van der Waals surface area (Å²) in [5.74, 6) is 2.45. The molecule has 0 saturated heterocycles. The van der Waals surface area contributed by atoms with Crippen molar-refractivity contribution < 1.29 is 19.4 Å². The van der Waals surface area contributed by atoms with Crippen LogP contribution in [0.4, 0.5) is 5.69 Å². The molecule has 5 atom stereocenters. The van der Waals surface area contributed by atoms with Gasteiger partial charge in [-0.15, -0.1) is 0 Å². The van der Waals surface area contributed by atoms with Crippen molar-refractivity contribution in [2.75, 3.05) is 19.5 Å². The maximum Gasteiger partial charge on any atom is 0.165 e. The van der Waals surface area contributed by atoms with Gasteiger partial charge in [-0.2, -0.15) is 0 Å². The number of fused-ring (bicyclic) bond motifs is 7. The number of benzene rings is 2. The number of carbonyl (C=O) groups is 1. The van der Waals surface area contributed by atoms with Crippen molar-refractivity contribution in [2.24, 2.45) is 17.8 Å². The lowest BCUT2D eigenvalue weighted by Crippen LogP contribution is -2.36. The number of nitrogens with one attached hydrogen (secondary N) is 1. The number of aromatic carboxylic acids is 1. The Morgan fingerprint density at radius 3 is 2.64 bits per heavy atom. The van der Waals surface area contributed by atoms with Crippen LogP contribution in [0.2, 0.25) is 0 Å². The van der Waals surface area contributed by atoms with Gasteiger partial charge in [0.25, 0.3) is 0 Å². The standard InChI is InChI=1S/C23H25NO4/c1-27-18-5-3-4-15(22(18)28-2)21-20-13-7-6-12(10-13)19(20)16-11-14(23(25)26)8-9-17(16)24-21/h3-5,8-9,11-13,19-21,24H,6-7,10H2,1-2H3,(H,25,26)/p-1/t12-,13+,19+,20-,21-/m0/s1. The molecule has 146 valence electrons. The lowest BCUT2D eigenvalue weighted by atomic mass is 9.67. The molecule has 5 rings (SSSR count). The lowest BCUT2D eigenvalue weighted by molar-refractivity contribution is -0.255. The summed E-state index contributed by atoms with van der Waals surface area (Å²) in [5.41, 5.74) is 3.53. The number of para-hydroxylation sites is 1. The third kappa shape index (κ3) is 2.42. The fraction of sp³-hybridized carbons (Fsp3) is 0.435. The van der Waals surface area contributed by atoms with Gasteiger partial charge in [-0.25, -0.2) is 0 Å². The molecule has 5 nitrogen and oxygen atoms in total. The van der Waals surface area contributed by atoms with E-state index in [1.807, 2.05) is 24.3 Å². The zero-order valence-corrected chi connectivity index (χ0v) is 16.1. The molecule has 0 aromatic heterocycles. The van der Waals surface area contributed by atoms with Gasteiger partial charge in [-0.3, -0.25) is 0 Å². The van der Waals surface area contributed by atoms with Crippen molar-refractivity contribution in [2.45, 2.75) is 31.2 Å². The molecule has 5 heteroatoms. The summed E-state index contributed by atoms with van der Waals surface area (Å²) in [6.07, 6.45) is 3.68. The number of carboxylic acids is 1. The van der Waals surface area contributed by atoms with Gasteiger partial charge in [0.1, 0.15) is 0 Å². The van der Waals surface area contributed by atoms with E-state index in [4.69, 9.17) is 9.47 Å². The summed E-state index contributed by atoms with van der Waals surface area (Å²) in [6.45, 7) is 0. The Kier molecular flexibility index (Phi) is 4.00. The molecule has 1 aliphatic heterocycles. The van der Waals surface area contributed by atoms with E-state index in [-0.39, 0.29) is 11.6 Å². The fourth-order valence-electron chi connectivity index (χ4n) is 6.08. The number of hydrogen-bond acceptors (Lipinski definition) is 5. The van der Waals surface area contributed by atoms with Gasteiger partial charge in [0, 0.05) is 11.3 Å². The predicted octanol–water partition coefficient (Wildman–Crippen LogP) is 3.36. The van der Waals surface area contributed by atoms with E-state index in [9.17, 15) is 9.90 Å². The maximum absolute atomic E-state index is 11.4. The maximum atomic E-state index is 11.4. The highest BCUT2D eigenvalue weighted by Crippen LogP contribution is 2.64. The molecule has 3 aliphatic rings. The molecule has 2 aliphatic carbocycles. The minimum atomic E-state index is -1.11. The first-order valence-electron chi connectivity index (χ1n) is 9.95. The Balaban J connectivity index is 1.65. The van der Waals surface area contributed by atoms with Gasteiger partial charge in [-0.1, -0.05) is 18.2 Å². The number of hydrogen-bond donors (Lipinski definition) is 1. The van der Waals surface area contributed by atoms with Crippen LogP contribution in [0.15, 0.2) is 36.4 Å². The molecule has 28 heavy (non-hydrogen) atoms. The first-order valence-corrected chi connectivity index (χ1v) is 9.95. The summed E-state index contributed by atoms with van der Waals surface area (Å²) in [7, 11) is 3.34. The molecule has 2 bridgehead atoms. The molecular formula is C23H24NO4-. The predicted molar refractivity (Wildman–Crippen MR) is 104 cm³/mol. The van der Waals surface area contributed by atoms with Gasteiger partial charge in [0.2, 0.25) is 0 Å². The molecule has 2 aromatic carbocycles. The van der Waals surface area contributed by atoms with Crippen LogP contribution < -0.4 is 19.9 Å². The third-order valence-corrected chi connectivity index (χ3v) is 7.09. The minimum Gasteiger partial charge on any atom is -0.545 e. The van der Waals surface area contributed by atoms with E-state index in [2.05, 4.69) is 11.4 Å². The monoisotopic (exact) mass is 378 g/mol. The number of rotatable bonds is 4. The van der Waals surface area contributed by atoms with Crippen molar-refractivity contribution >= 4 is 11.7 Å². The SMILES string of the molecule is COc1cccc([C@@H]2Nc3ccc(C(=O)[O-])cc3[C@H]3[C@H]4CC[C@H](C4)[C@@H]32)c1OC. The fourth-order valence-corrected chi connectivity index (χ4v) is 6.08. The van der Waals surface area contributed by atoms with Gasteiger partial charge >= 0.3 is 0 Å². The second-order valence-electron chi connectivity index (χ2n) is 8.23. The molecule has 0 unspecified atom stereocenters. The smallest absolute Gasteiger partial charge is 0.165 e. The van der Waals surface area contributed by atoms with Crippen molar-refractivity contribution in [1.82, 2.24) is 0 Å². The molecule has 1 heterocycles. The Morgan fingerprint density at radius 2 is 1.89 bits per heavy atom. The van der Waals surface area contributed by atoms with E-state index in [1.54, 1.807) is 20.3 Å². The number of ether oxygens (including phenoxy) is 2. The van der Waals surface area contributed by atoms with Gasteiger partial charge in [-0.05, 0) is 72.3 Å². The summed E-state index contributed by atoms with van der Waals surface area (Å²) >= 11 is 0. The average Bonchev–Trinajstić information content (AvgIpc) is 3.34. The van der Waals surface area contributed by atoms with Gasteiger partial charge in [0.15, 0.2) is 11.5 Å². The average molecular weight is 378 g/mol. The van der Waals surface area contributed by atoms with E-state index >= 15 is 0 Å². The number of anilines is 1. The lowest BCUT2D eigenvalue weighted by Gasteiger charge is -2.44. The largest absolute Gasteiger partial charge is 0.545 e. The second-order valence-corrected chi connectivity index (χ2v) is 8.23. The number of carboxylic acid groups (broad SMARTS) is 1. The Hall–Kier alpha value is -2.69. The van der Waals surface area contributed by atoms with Crippen LogP contribution in [0.1, 0.15) is 52.7 Å². The number of carbonyl (C=O) groups excluding carboxylic acids is 1. The van der Waals surface area contributed by atoms with Crippen LogP contribution in [0.3, 0.4) is 0 Å². The van der Waals surface area contributed by atoms with E-state index in [0.29, 0.717) is 23.7 Å². The normalized spacial score (nSPS) is 29.6. The van der Waals surface area contributed by atoms with Crippen LogP contribution >= 0.6 is 0 Å². The third-order valence-electron chi connectivity index (χ3n) is 7.09. The van der Waals surface area contributed by atoms with Crippen LogP contribution in [0.5, 0.6) is 11.5 Å². The highest BCUT2D eigenvalue weighted by molar-refractivity contribution is 5.87. The molecule has 0 spiro atoms. The van der Waals surface area contributed by atoms with Crippen LogP contribution in [-0.2, 0) is 0 Å². The molecule has 1 N–H and O–H groups in total. The Labute approximate surface area is 164 Å². The quantitative estimate of drug-likeness (QED) is 0.883. The number of methoxy groups -OCH3 is 2. The molecule has 2 saturated carbocycles. The van der Waals surface area contributed by atoms with Crippen molar-refractivity contribution in [3.05, 3.63) is 53.1 Å². The second kappa shape index (κ2) is 6.43. The summed E-state index contributed by atoms with van der Waals surface area (Å²) < 4.78 is 11.3. The topological polar surface area (TPSA) is 70.6 Å². The van der Waals surface area contributed by atoms with Crippen molar-refractivity contribution in [3.8, 4) is 11.5 Å². The molecular weight excluding hydrogens is 354 g/mol. The van der Waals surface area contributed by atoms with Gasteiger partial charge < -0.3 is 24.7 Å². The van der Waals surface area contributed by atoms with E-state index in [1.165, 1.54) is 19.3 Å². The van der Waals surface area contributed by atoms with Crippen molar-refractivity contribution in [1.29, 1.82) is 0 Å². The zero-order chi connectivity index (χ0) is 19.4. The van der Waals surface area contributed by atoms with Crippen LogP contribution in [0, 0.1) is 17.8 Å². The molecule has 0 amide bonds. The van der Waals surface area contributed by atoms with Gasteiger partial charge in [0.05, 0.1) is 26.2 Å². The summed E-state index contributed by atoms with van der Waals surface area (Å²) in [6, 6.07) is 11.5. The van der Waals surface area contributed by atoms with Crippen LogP contribution in [-0.4, -0.2) is 20.2 Å². The Morgan fingerprint density at radius 1 is 1.07 bits per heavy atom. The Bertz CT molecular complexity index is 940. The summed E-state index contributed by atoms with van der Waals surface area (Å²) in [5, 5.41) is 15.1. The van der Waals surface area contributed by atoms with E-state index in [0.717, 1.165) is 28.3 Å². The zero-order valence-electron chi connectivity index (χ0n) is 16.1. The van der Waals surface area contributed by atoms with Crippen LogP contribution in [0.25, 0.3) is 0 Å². The first kappa shape index (κ1) is 17.4. The molecule has 2 fully saturated rings. The highest BCUT2D eigenvalue weighted by atomic mass is 16.5. The summed E-state index contributed by atoms with van der Waals surface area (Å²) in [4.78, 5) is 11.4. The van der Waals surface area contributed by atoms with E-state index < -0.39 is 5.97 Å². The van der Waals surface area contributed by atoms with Crippen molar-refractivity contribution in [3.63, 3.8) is 0 Å². The minimum absolute atomic E-state index is 0.117.